The molecule has 1 aromatic carbocycles. The zero-order valence-electron chi connectivity index (χ0n) is 14.7. The standard InChI is InChI=1S/C18H24O2.5H2O/c1-18-9-8-14-13-5-3-12(19)10-11(13)2-4-15(14)16(18)6-7-17(18)20;;;;;/h3,5,10,14-17,19-20H,2,4,6-9H2,1H3;5*1H2/t14-,15-,16+,17+,18+;;;;;/m1...../s1. The molecule has 3 aliphatic carbocycles. The molecule has 2 saturated carbocycles. The van der Waals surface area contributed by atoms with Crippen molar-refractivity contribution >= 4 is 0 Å². The van der Waals surface area contributed by atoms with Crippen LogP contribution in [-0.4, -0.2) is 43.7 Å². The maximum Gasteiger partial charge on any atom is 0.115 e. The van der Waals surface area contributed by atoms with Crippen molar-refractivity contribution in [1.82, 2.24) is 0 Å². The smallest absolute Gasteiger partial charge is 0.115 e. The molecule has 0 unspecified atom stereocenters. The van der Waals surface area contributed by atoms with E-state index in [2.05, 4.69) is 13.0 Å². The molecule has 0 aliphatic heterocycles. The molecular weight excluding hydrogens is 328 g/mol. The number of fused-ring (bicyclic) bond motifs is 5. The molecule has 0 radical (unpaired) electrons. The fourth-order valence-electron chi connectivity index (χ4n) is 5.54. The van der Waals surface area contributed by atoms with Gasteiger partial charge in [0.05, 0.1) is 6.10 Å². The third-order valence-corrected chi connectivity index (χ3v) is 6.66. The second-order valence-electron chi connectivity index (χ2n) is 7.44. The van der Waals surface area contributed by atoms with Crippen LogP contribution < -0.4 is 0 Å². The minimum Gasteiger partial charge on any atom is -0.508 e. The molecule has 12 N–H and O–H groups in total. The summed E-state index contributed by atoms with van der Waals surface area (Å²) < 4.78 is 0. The van der Waals surface area contributed by atoms with Crippen molar-refractivity contribution in [2.75, 3.05) is 0 Å². The van der Waals surface area contributed by atoms with Gasteiger partial charge in [-0.2, -0.15) is 0 Å². The van der Waals surface area contributed by atoms with Crippen molar-refractivity contribution in [3.63, 3.8) is 0 Å². The van der Waals surface area contributed by atoms with Gasteiger partial charge in [0.25, 0.3) is 0 Å². The number of benzene rings is 1. The SMILES string of the molecule is C[C@]12CC[C@@H]3c4ccc(O)cc4CC[C@H]3[C@@H]1CC[C@@H]2O.O.O.O.O.O. The van der Waals surface area contributed by atoms with E-state index in [0.717, 1.165) is 25.2 Å². The number of aromatic hydroxyl groups is 1. The lowest BCUT2D eigenvalue weighted by atomic mass is 9.55. The number of phenolic OH excluding ortho intramolecular Hbond substituents is 1. The van der Waals surface area contributed by atoms with Crippen molar-refractivity contribution in [3.8, 4) is 5.75 Å². The number of phenols is 1. The van der Waals surface area contributed by atoms with E-state index in [1.807, 2.05) is 12.1 Å². The molecule has 7 nitrogen and oxygen atoms in total. The summed E-state index contributed by atoms with van der Waals surface area (Å²) in [7, 11) is 0. The summed E-state index contributed by atoms with van der Waals surface area (Å²) in [6.45, 7) is 2.32. The second kappa shape index (κ2) is 8.93. The monoisotopic (exact) mass is 362 g/mol. The van der Waals surface area contributed by atoms with E-state index in [0.29, 0.717) is 17.6 Å². The highest BCUT2D eigenvalue weighted by atomic mass is 16.3. The third-order valence-electron chi connectivity index (χ3n) is 6.66. The molecule has 5 atom stereocenters. The average molecular weight is 362 g/mol. The Bertz CT molecular complexity index is 550. The number of aliphatic hydroxyl groups excluding tert-OH is 1. The van der Waals surface area contributed by atoms with Gasteiger partial charge < -0.3 is 37.6 Å². The Labute approximate surface area is 148 Å². The van der Waals surface area contributed by atoms with Crippen LogP contribution in [0.25, 0.3) is 0 Å². The topological polar surface area (TPSA) is 198 Å². The molecule has 0 amide bonds. The Morgan fingerprint density at radius 2 is 1.64 bits per heavy atom. The van der Waals surface area contributed by atoms with Crippen LogP contribution in [0.5, 0.6) is 5.75 Å². The molecule has 0 bridgehead atoms. The normalized spacial score (nSPS) is 34.2. The first-order chi connectivity index (χ1) is 9.59. The number of aliphatic hydroxyl groups is 1. The fourth-order valence-corrected chi connectivity index (χ4v) is 5.54. The van der Waals surface area contributed by atoms with Crippen LogP contribution >= 0.6 is 0 Å². The van der Waals surface area contributed by atoms with E-state index in [4.69, 9.17) is 0 Å². The highest BCUT2D eigenvalue weighted by Crippen LogP contribution is 2.60. The fraction of sp³-hybridized carbons (Fsp3) is 0.667. The number of hydrogen-bond donors (Lipinski definition) is 2. The van der Waals surface area contributed by atoms with E-state index >= 15 is 0 Å². The van der Waals surface area contributed by atoms with E-state index < -0.39 is 0 Å². The van der Waals surface area contributed by atoms with Gasteiger partial charge in [-0.1, -0.05) is 13.0 Å². The van der Waals surface area contributed by atoms with Crippen LogP contribution in [0.3, 0.4) is 0 Å². The molecule has 0 heterocycles. The number of rotatable bonds is 0. The summed E-state index contributed by atoms with van der Waals surface area (Å²) >= 11 is 0. The van der Waals surface area contributed by atoms with Gasteiger partial charge in [-0.25, -0.2) is 0 Å². The van der Waals surface area contributed by atoms with Gasteiger partial charge in [0.1, 0.15) is 5.75 Å². The molecule has 0 aromatic heterocycles. The Morgan fingerprint density at radius 3 is 2.32 bits per heavy atom. The molecule has 2 fully saturated rings. The molecule has 148 valence electrons. The van der Waals surface area contributed by atoms with Crippen molar-refractivity contribution in [2.45, 2.75) is 57.5 Å². The highest BCUT2D eigenvalue weighted by molar-refractivity contribution is 5.40. The quantitative estimate of drug-likeness (QED) is 0.626. The molecular formula is C18H34O7. The zero-order chi connectivity index (χ0) is 13.9. The summed E-state index contributed by atoms with van der Waals surface area (Å²) in [6.07, 6.45) is 6.78. The van der Waals surface area contributed by atoms with Crippen LogP contribution in [0, 0.1) is 17.3 Å². The van der Waals surface area contributed by atoms with E-state index in [-0.39, 0.29) is 38.9 Å². The maximum absolute atomic E-state index is 10.4. The summed E-state index contributed by atoms with van der Waals surface area (Å²) in [5, 5.41) is 20.0. The van der Waals surface area contributed by atoms with Crippen LogP contribution in [-0.2, 0) is 6.42 Å². The summed E-state index contributed by atoms with van der Waals surface area (Å²) in [5.74, 6) is 2.49. The summed E-state index contributed by atoms with van der Waals surface area (Å²) in [5.41, 5.74) is 2.99. The second-order valence-corrected chi connectivity index (χ2v) is 7.44. The minimum atomic E-state index is -0.0883. The molecule has 7 heteroatoms. The molecule has 3 aliphatic rings. The minimum absolute atomic E-state index is 0. The molecule has 1 aromatic rings. The van der Waals surface area contributed by atoms with Gasteiger partial charge in [0, 0.05) is 0 Å². The van der Waals surface area contributed by atoms with Crippen molar-refractivity contribution in [2.24, 2.45) is 17.3 Å². The van der Waals surface area contributed by atoms with Crippen LogP contribution in [0.1, 0.15) is 56.1 Å². The van der Waals surface area contributed by atoms with Crippen molar-refractivity contribution in [3.05, 3.63) is 29.3 Å². The van der Waals surface area contributed by atoms with Crippen LogP contribution in [0.15, 0.2) is 18.2 Å². The lowest BCUT2D eigenvalue weighted by Crippen LogP contribution is -2.43. The maximum atomic E-state index is 10.4. The Morgan fingerprint density at radius 1 is 0.960 bits per heavy atom. The number of aryl methyl sites for hydroxylation is 1. The van der Waals surface area contributed by atoms with Gasteiger partial charge in [-0.15, -0.1) is 0 Å². The van der Waals surface area contributed by atoms with Gasteiger partial charge in [-0.3, -0.25) is 0 Å². The van der Waals surface area contributed by atoms with E-state index in [9.17, 15) is 10.2 Å². The predicted octanol–water partition coefficient (Wildman–Crippen LogP) is -0.514. The lowest BCUT2D eigenvalue weighted by molar-refractivity contribution is -0.0226. The Balaban J connectivity index is 0. The van der Waals surface area contributed by atoms with Gasteiger partial charge in [0.15, 0.2) is 0 Å². The van der Waals surface area contributed by atoms with Gasteiger partial charge in [0.2, 0.25) is 0 Å². The first kappa shape index (κ1) is 26.0. The number of hydrogen-bond acceptors (Lipinski definition) is 2. The highest BCUT2D eigenvalue weighted by Gasteiger charge is 2.54. The Kier molecular flexibility index (Phi) is 9.30. The third kappa shape index (κ3) is 3.67. The van der Waals surface area contributed by atoms with E-state index in [1.54, 1.807) is 0 Å². The largest absolute Gasteiger partial charge is 0.508 e. The summed E-state index contributed by atoms with van der Waals surface area (Å²) in [6, 6.07) is 5.96. The molecule has 0 spiro atoms. The van der Waals surface area contributed by atoms with Gasteiger partial charge in [-0.05, 0) is 85.0 Å². The molecule has 0 saturated heterocycles. The molecule has 25 heavy (non-hydrogen) atoms. The zero-order valence-corrected chi connectivity index (χ0v) is 14.7. The van der Waals surface area contributed by atoms with E-state index in [1.165, 1.54) is 30.4 Å². The van der Waals surface area contributed by atoms with Crippen molar-refractivity contribution < 1.29 is 37.6 Å². The first-order valence-corrected chi connectivity index (χ1v) is 8.09. The first-order valence-electron chi connectivity index (χ1n) is 8.09. The van der Waals surface area contributed by atoms with Crippen molar-refractivity contribution in [1.29, 1.82) is 0 Å². The average Bonchev–Trinajstić information content (AvgIpc) is 2.74. The van der Waals surface area contributed by atoms with Crippen LogP contribution in [0.2, 0.25) is 0 Å². The van der Waals surface area contributed by atoms with Crippen LogP contribution in [0.4, 0.5) is 0 Å². The predicted molar refractivity (Wildman–Crippen MR) is 96.8 cm³/mol. The van der Waals surface area contributed by atoms with Gasteiger partial charge >= 0.3 is 0 Å². The molecule has 4 rings (SSSR count). The lowest BCUT2D eigenvalue weighted by Gasteiger charge is -2.50. The Hall–Kier alpha value is -1.22. The summed E-state index contributed by atoms with van der Waals surface area (Å²) in [4.78, 5) is 0.